The summed E-state index contributed by atoms with van der Waals surface area (Å²) in [7, 11) is -3.68. The molecule has 102 valence electrons. The van der Waals surface area contributed by atoms with Crippen molar-refractivity contribution in [3.8, 4) is 0 Å². The quantitative estimate of drug-likeness (QED) is 0.866. The Hall–Kier alpha value is -1.58. The highest BCUT2D eigenvalue weighted by Crippen LogP contribution is 2.21. The van der Waals surface area contributed by atoms with Crippen LogP contribution < -0.4 is 10.5 Å². The second-order valence-electron chi connectivity index (χ2n) is 3.93. The summed E-state index contributed by atoms with van der Waals surface area (Å²) in [6.45, 7) is 3.64. The molecule has 0 bridgehead atoms. The lowest BCUT2D eigenvalue weighted by atomic mass is 10.4. The summed E-state index contributed by atoms with van der Waals surface area (Å²) in [5, 5.41) is 0.706. The zero-order valence-electron chi connectivity index (χ0n) is 10.4. The number of anilines is 1. The zero-order valence-corrected chi connectivity index (χ0v) is 12.0. The lowest BCUT2D eigenvalue weighted by molar-refractivity contribution is 0.565. The normalized spacial score (nSPS) is 13.4. The number of nitrogens with two attached hydrogens (primary N) is 1. The van der Waals surface area contributed by atoms with Crippen molar-refractivity contribution < 1.29 is 8.42 Å². The van der Waals surface area contributed by atoms with Gasteiger partial charge in [0.1, 0.15) is 9.90 Å². The van der Waals surface area contributed by atoms with E-state index >= 15 is 0 Å². The molecule has 7 nitrogen and oxygen atoms in total. The summed E-state index contributed by atoms with van der Waals surface area (Å²) < 4.78 is 26.7. The Kier molecular flexibility index (Phi) is 3.78. The molecule has 2 aromatic heterocycles. The minimum atomic E-state index is -3.68. The van der Waals surface area contributed by atoms with Gasteiger partial charge in [0, 0.05) is 11.1 Å². The standard InChI is InChI=1S/C10H13N5O2S2/c1-6-3-12-9(18-6)7(2)15-19(16,17)8-4-13-10(11)14-5-8/h3-5,7,15H,1-2H3,(H2,11,13,14). The number of sulfonamides is 1. The Morgan fingerprint density at radius 1 is 1.26 bits per heavy atom. The van der Waals surface area contributed by atoms with Gasteiger partial charge in [0.2, 0.25) is 16.0 Å². The van der Waals surface area contributed by atoms with E-state index in [0.717, 1.165) is 4.88 Å². The first kappa shape index (κ1) is 13.8. The minimum Gasteiger partial charge on any atom is -0.368 e. The van der Waals surface area contributed by atoms with Gasteiger partial charge in [-0.25, -0.2) is 28.1 Å². The molecule has 0 radical (unpaired) electrons. The lowest BCUT2D eigenvalue weighted by Crippen LogP contribution is -2.27. The first-order chi connectivity index (χ1) is 8.88. The van der Waals surface area contributed by atoms with E-state index in [-0.39, 0.29) is 10.8 Å². The molecule has 0 aliphatic rings. The Balaban J connectivity index is 2.19. The second kappa shape index (κ2) is 5.19. The highest BCUT2D eigenvalue weighted by Gasteiger charge is 2.20. The molecule has 2 rings (SSSR count). The van der Waals surface area contributed by atoms with Gasteiger partial charge in [0.15, 0.2) is 0 Å². The van der Waals surface area contributed by atoms with Crippen molar-refractivity contribution in [3.63, 3.8) is 0 Å². The third-order valence-corrected chi connectivity index (χ3v) is 4.89. The Bertz CT molecular complexity index is 665. The van der Waals surface area contributed by atoms with Crippen LogP contribution in [-0.2, 0) is 10.0 Å². The number of aromatic nitrogens is 3. The number of aryl methyl sites for hydroxylation is 1. The van der Waals surface area contributed by atoms with Crippen LogP contribution in [0.25, 0.3) is 0 Å². The van der Waals surface area contributed by atoms with Crippen molar-refractivity contribution in [2.45, 2.75) is 24.8 Å². The molecule has 0 saturated carbocycles. The predicted molar refractivity (Wildman–Crippen MR) is 72.0 cm³/mol. The number of nitrogen functional groups attached to an aromatic ring is 1. The Morgan fingerprint density at radius 3 is 2.42 bits per heavy atom. The molecule has 0 aliphatic carbocycles. The molecule has 0 spiro atoms. The molecule has 0 aromatic carbocycles. The molecule has 2 aromatic rings. The predicted octanol–water partition coefficient (Wildman–Crippen LogP) is 0.863. The smallest absolute Gasteiger partial charge is 0.244 e. The van der Waals surface area contributed by atoms with Crippen molar-refractivity contribution in [3.05, 3.63) is 28.5 Å². The number of hydrogen-bond donors (Lipinski definition) is 2. The van der Waals surface area contributed by atoms with Crippen molar-refractivity contribution in [2.75, 3.05) is 5.73 Å². The van der Waals surface area contributed by atoms with E-state index in [2.05, 4.69) is 19.7 Å². The van der Waals surface area contributed by atoms with E-state index in [4.69, 9.17) is 5.73 Å². The molecule has 3 N–H and O–H groups in total. The van der Waals surface area contributed by atoms with Crippen LogP contribution in [0.4, 0.5) is 5.95 Å². The summed E-state index contributed by atoms with van der Waals surface area (Å²) in [5.74, 6) is 0.0301. The highest BCUT2D eigenvalue weighted by atomic mass is 32.2. The number of hydrogen-bond acceptors (Lipinski definition) is 7. The van der Waals surface area contributed by atoms with Crippen LogP contribution in [-0.4, -0.2) is 23.4 Å². The molecule has 0 aliphatic heterocycles. The summed E-state index contributed by atoms with van der Waals surface area (Å²) >= 11 is 1.44. The molecule has 0 fully saturated rings. The first-order valence-corrected chi connectivity index (χ1v) is 7.70. The average molecular weight is 299 g/mol. The maximum atomic E-state index is 12.1. The van der Waals surface area contributed by atoms with Crippen molar-refractivity contribution in [2.24, 2.45) is 0 Å². The van der Waals surface area contributed by atoms with Crippen LogP contribution >= 0.6 is 11.3 Å². The SMILES string of the molecule is Cc1cnc(C(C)NS(=O)(=O)c2cnc(N)nc2)s1. The largest absolute Gasteiger partial charge is 0.368 e. The lowest BCUT2D eigenvalue weighted by Gasteiger charge is -2.11. The van der Waals surface area contributed by atoms with Crippen LogP contribution in [0.2, 0.25) is 0 Å². The van der Waals surface area contributed by atoms with E-state index in [1.165, 1.54) is 23.7 Å². The van der Waals surface area contributed by atoms with Gasteiger partial charge in [-0.05, 0) is 13.8 Å². The van der Waals surface area contributed by atoms with E-state index in [1.807, 2.05) is 6.92 Å². The Morgan fingerprint density at radius 2 is 1.89 bits per heavy atom. The summed E-state index contributed by atoms with van der Waals surface area (Å²) in [5.41, 5.74) is 5.32. The fourth-order valence-corrected chi connectivity index (χ4v) is 3.34. The van der Waals surface area contributed by atoms with Gasteiger partial charge >= 0.3 is 0 Å². The number of rotatable bonds is 4. The maximum Gasteiger partial charge on any atom is 0.244 e. The molecule has 0 saturated heterocycles. The maximum absolute atomic E-state index is 12.1. The van der Waals surface area contributed by atoms with Gasteiger partial charge in [-0.15, -0.1) is 11.3 Å². The van der Waals surface area contributed by atoms with Crippen LogP contribution in [0.5, 0.6) is 0 Å². The van der Waals surface area contributed by atoms with E-state index in [9.17, 15) is 8.42 Å². The van der Waals surface area contributed by atoms with Crippen molar-refractivity contribution in [1.29, 1.82) is 0 Å². The van der Waals surface area contributed by atoms with Crippen LogP contribution in [0.15, 0.2) is 23.5 Å². The molecule has 9 heteroatoms. The fraction of sp³-hybridized carbons (Fsp3) is 0.300. The van der Waals surface area contributed by atoms with Gasteiger partial charge in [-0.1, -0.05) is 0 Å². The molecule has 2 heterocycles. The molecular formula is C10H13N5O2S2. The summed E-state index contributed by atoms with van der Waals surface area (Å²) in [4.78, 5) is 12.5. The third kappa shape index (κ3) is 3.25. The third-order valence-electron chi connectivity index (χ3n) is 2.30. The molecule has 1 unspecified atom stereocenters. The molecular weight excluding hydrogens is 286 g/mol. The number of nitrogens with one attached hydrogen (secondary N) is 1. The van der Waals surface area contributed by atoms with Crippen LogP contribution in [0.1, 0.15) is 22.9 Å². The van der Waals surface area contributed by atoms with Crippen LogP contribution in [0.3, 0.4) is 0 Å². The Labute approximate surface area is 115 Å². The van der Waals surface area contributed by atoms with Gasteiger partial charge < -0.3 is 5.73 Å². The van der Waals surface area contributed by atoms with Crippen LogP contribution in [0, 0.1) is 6.92 Å². The summed E-state index contributed by atoms with van der Waals surface area (Å²) in [6.07, 6.45) is 4.05. The van der Waals surface area contributed by atoms with Gasteiger partial charge in [0.05, 0.1) is 18.4 Å². The monoisotopic (exact) mass is 299 g/mol. The first-order valence-electron chi connectivity index (χ1n) is 5.40. The van der Waals surface area contributed by atoms with E-state index in [1.54, 1.807) is 13.1 Å². The van der Waals surface area contributed by atoms with Crippen molar-refractivity contribution in [1.82, 2.24) is 19.7 Å². The molecule has 1 atom stereocenters. The number of thiazole rings is 1. The van der Waals surface area contributed by atoms with Gasteiger partial charge in [-0.3, -0.25) is 0 Å². The van der Waals surface area contributed by atoms with Gasteiger partial charge in [-0.2, -0.15) is 0 Å². The minimum absolute atomic E-state index is 0.0261. The highest BCUT2D eigenvalue weighted by molar-refractivity contribution is 7.89. The van der Waals surface area contributed by atoms with E-state index < -0.39 is 16.1 Å². The zero-order chi connectivity index (χ0) is 14.0. The van der Waals surface area contributed by atoms with Crippen molar-refractivity contribution >= 4 is 27.3 Å². The molecule has 0 amide bonds. The second-order valence-corrected chi connectivity index (χ2v) is 6.91. The molecule has 19 heavy (non-hydrogen) atoms. The van der Waals surface area contributed by atoms with Gasteiger partial charge in [0.25, 0.3) is 0 Å². The summed E-state index contributed by atoms with van der Waals surface area (Å²) in [6, 6.07) is -0.416. The topological polar surface area (TPSA) is 111 Å². The average Bonchev–Trinajstić information content (AvgIpc) is 2.76. The van der Waals surface area contributed by atoms with E-state index in [0.29, 0.717) is 5.01 Å². The number of nitrogens with zero attached hydrogens (tertiary/aromatic N) is 3. The fourth-order valence-electron chi connectivity index (χ4n) is 1.39.